The van der Waals surface area contributed by atoms with Crippen LogP contribution < -0.4 is 19.3 Å². The van der Waals surface area contributed by atoms with Gasteiger partial charge in [0.1, 0.15) is 11.5 Å². The van der Waals surface area contributed by atoms with E-state index in [0.717, 1.165) is 31.2 Å². The Balaban J connectivity index is 1.26. The molecule has 4 amide bonds. The summed E-state index contributed by atoms with van der Waals surface area (Å²) < 4.78 is 11.6. The lowest BCUT2D eigenvalue weighted by molar-refractivity contribution is -0.140. The summed E-state index contributed by atoms with van der Waals surface area (Å²) in [4.78, 5) is 60.1. The summed E-state index contributed by atoms with van der Waals surface area (Å²) in [7, 11) is 0. The van der Waals surface area contributed by atoms with Gasteiger partial charge < -0.3 is 9.47 Å². The fourth-order valence-electron chi connectivity index (χ4n) is 8.04. The van der Waals surface area contributed by atoms with Crippen LogP contribution in [-0.4, -0.2) is 36.8 Å². The number of imide groups is 2. The first-order valence-electron chi connectivity index (χ1n) is 16.4. The van der Waals surface area contributed by atoms with Crippen molar-refractivity contribution in [3.05, 3.63) is 96.6 Å². The Kier molecular flexibility index (Phi) is 7.75. The third kappa shape index (κ3) is 4.49. The maximum atomic E-state index is 14.5. The summed E-state index contributed by atoms with van der Waals surface area (Å²) in [6.07, 6.45) is 7.74. The van der Waals surface area contributed by atoms with Crippen LogP contribution in [0.2, 0.25) is 0 Å². The van der Waals surface area contributed by atoms with Gasteiger partial charge >= 0.3 is 0 Å². The van der Waals surface area contributed by atoms with Crippen molar-refractivity contribution in [3.8, 4) is 11.5 Å². The van der Waals surface area contributed by atoms with Crippen LogP contribution in [0.15, 0.2) is 91.0 Å². The molecule has 5 aliphatic rings. The standard InChI is InChI=1S/C38H38N2O6/c1-3-5-22-45-27-16-12-25(13-17-27)39-34(41)30-29-20-21-38(32(30)36(39)43,24-10-8-7-9-11-24)33-31(29)35(42)40(37(33)44)26-14-18-28(19-15-26)46-23-6-4-2/h7-21,29-33H,3-6,22-23H2,1-2H3/t29?,30-,31-,32-,33+,38?/m1/s1. The minimum absolute atomic E-state index is 0.338. The SMILES string of the molecule is CCCCOc1ccc(N2C(=O)[C@@H]3C4C=CC(c5ccccc5)([C@@H]3C2=O)[C@H]2C(=O)N(c3ccc(OCCCC)cc3)C(=O)[C@H]42)cc1. The Morgan fingerprint density at radius 2 is 1.07 bits per heavy atom. The number of nitrogens with zero attached hydrogens (tertiary/aromatic N) is 2. The number of anilines is 2. The number of hydrogen-bond donors (Lipinski definition) is 0. The first kappa shape index (κ1) is 30.0. The largest absolute Gasteiger partial charge is 0.494 e. The van der Waals surface area contributed by atoms with Crippen molar-refractivity contribution in [3.63, 3.8) is 0 Å². The van der Waals surface area contributed by atoms with Gasteiger partial charge in [0.15, 0.2) is 0 Å². The third-order valence-corrected chi connectivity index (χ3v) is 10.2. The van der Waals surface area contributed by atoms with Crippen molar-refractivity contribution in [2.75, 3.05) is 23.0 Å². The molecule has 6 atom stereocenters. The highest BCUT2D eigenvalue weighted by Crippen LogP contribution is 2.65. The van der Waals surface area contributed by atoms with Crippen LogP contribution in [0.4, 0.5) is 11.4 Å². The molecule has 0 N–H and O–H groups in total. The quantitative estimate of drug-likeness (QED) is 0.147. The number of hydrogen-bond acceptors (Lipinski definition) is 6. The molecule has 0 aromatic heterocycles. The van der Waals surface area contributed by atoms with E-state index in [4.69, 9.17) is 9.47 Å². The second-order valence-electron chi connectivity index (χ2n) is 12.7. The van der Waals surface area contributed by atoms with Crippen LogP contribution in [-0.2, 0) is 24.6 Å². The van der Waals surface area contributed by atoms with Crippen molar-refractivity contribution in [2.45, 2.75) is 44.9 Å². The molecule has 8 rings (SSSR count). The number of ether oxygens (including phenoxy) is 2. The molecule has 2 heterocycles. The molecule has 46 heavy (non-hydrogen) atoms. The Bertz CT molecular complexity index is 1580. The van der Waals surface area contributed by atoms with Crippen LogP contribution in [0.5, 0.6) is 11.5 Å². The summed E-state index contributed by atoms with van der Waals surface area (Å²) in [5.41, 5.74) is 0.501. The van der Waals surface area contributed by atoms with Crippen LogP contribution >= 0.6 is 0 Å². The monoisotopic (exact) mass is 618 g/mol. The van der Waals surface area contributed by atoms with Gasteiger partial charge in [0.25, 0.3) is 0 Å². The zero-order chi connectivity index (χ0) is 32.0. The minimum Gasteiger partial charge on any atom is -0.494 e. The van der Waals surface area contributed by atoms with E-state index in [1.54, 1.807) is 48.5 Å². The van der Waals surface area contributed by atoms with Crippen molar-refractivity contribution >= 4 is 35.0 Å². The molecule has 1 saturated carbocycles. The zero-order valence-corrected chi connectivity index (χ0v) is 26.1. The van der Waals surface area contributed by atoms with E-state index < -0.39 is 35.0 Å². The van der Waals surface area contributed by atoms with Crippen LogP contribution in [0, 0.1) is 29.6 Å². The molecule has 0 spiro atoms. The maximum Gasteiger partial charge on any atom is 0.238 e. The fraction of sp³-hybridized carbons (Fsp3) is 0.368. The molecular weight excluding hydrogens is 580 g/mol. The minimum atomic E-state index is -1.17. The highest BCUT2D eigenvalue weighted by Gasteiger charge is 2.75. The highest BCUT2D eigenvalue weighted by molar-refractivity contribution is 6.27. The molecule has 3 fully saturated rings. The van der Waals surface area contributed by atoms with Gasteiger partial charge in [0.2, 0.25) is 23.6 Å². The molecule has 236 valence electrons. The molecule has 8 heteroatoms. The van der Waals surface area contributed by atoms with Gasteiger partial charge in [-0.2, -0.15) is 0 Å². The van der Waals surface area contributed by atoms with Gasteiger partial charge in [-0.15, -0.1) is 0 Å². The molecular formula is C38H38N2O6. The summed E-state index contributed by atoms with van der Waals surface area (Å²) in [5.74, 6) is -3.82. The summed E-state index contributed by atoms with van der Waals surface area (Å²) in [5, 5.41) is 0. The lowest BCUT2D eigenvalue weighted by Crippen LogP contribution is -2.60. The molecule has 2 saturated heterocycles. The number of carbonyl (C=O) groups excluding carboxylic acids is 4. The van der Waals surface area contributed by atoms with Crippen LogP contribution in [0.25, 0.3) is 0 Å². The normalized spacial score (nSPS) is 27.7. The average molecular weight is 619 g/mol. The number of rotatable bonds is 11. The molecule has 2 bridgehead atoms. The van der Waals surface area contributed by atoms with E-state index in [9.17, 15) is 19.2 Å². The van der Waals surface area contributed by atoms with Crippen molar-refractivity contribution < 1.29 is 28.7 Å². The van der Waals surface area contributed by atoms with Gasteiger partial charge in [-0.25, -0.2) is 9.80 Å². The zero-order valence-electron chi connectivity index (χ0n) is 26.1. The van der Waals surface area contributed by atoms with Gasteiger partial charge in [-0.3, -0.25) is 19.2 Å². The summed E-state index contributed by atoms with van der Waals surface area (Å²) in [6.45, 7) is 5.37. The number of unbranched alkanes of at least 4 members (excludes halogenated alkanes) is 2. The third-order valence-electron chi connectivity index (χ3n) is 10.2. The lowest BCUT2D eigenvalue weighted by atomic mass is 9.45. The Morgan fingerprint density at radius 3 is 1.50 bits per heavy atom. The van der Waals surface area contributed by atoms with Crippen molar-refractivity contribution in [1.29, 1.82) is 0 Å². The summed E-state index contributed by atoms with van der Waals surface area (Å²) >= 11 is 0. The smallest absolute Gasteiger partial charge is 0.238 e. The van der Waals surface area contributed by atoms with Gasteiger partial charge in [0, 0.05) is 11.3 Å². The topological polar surface area (TPSA) is 93.2 Å². The second kappa shape index (κ2) is 11.9. The van der Waals surface area contributed by atoms with Gasteiger partial charge in [-0.05, 0) is 66.9 Å². The highest BCUT2D eigenvalue weighted by atomic mass is 16.5. The second-order valence-corrected chi connectivity index (χ2v) is 12.7. The van der Waals surface area contributed by atoms with Crippen LogP contribution in [0.1, 0.15) is 45.1 Å². The Morgan fingerprint density at radius 1 is 0.609 bits per heavy atom. The van der Waals surface area contributed by atoms with E-state index in [1.165, 1.54) is 9.80 Å². The van der Waals surface area contributed by atoms with E-state index in [2.05, 4.69) is 13.8 Å². The molecule has 2 unspecified atom stereocenters. The molecule has 3 aliphatic carbocycles. The first-order valence-corrected chi connectivity index (χ1v) is 16.4. The molecule has 3 aromatic rings. The van der Waals surface area contributed by atoms with Gasteiger partial charge in [-0.1, -0.05) is 69.2 Å². The summed E-state index contributed by atoms with van der Waals surface area (Å²) in [6, 6.07) is 23.4. The maximum absolute atomic E-state index is 14.5. The van der Waals surface area contributed by atoms with E-state index in [1.807, 2.05) is 42.5 Å². The predicted molar refractivity (Wildman–Crippen MR) is 173 cm³/mol. The Labute approximate surface area is 269 Å². The molecule has 3 aromatic carbocycles. The number of allylic oxidation sites excluding steroid dienone is 2. The van der Waals surface area contributed by atoms with Crippen LogP contribution in [0.3, 0.4) is 0 Å². The van der Waals surface area contributed by atoms with E-state index in [-0.39, 0.29) is 23.6 Å². The van der Waals surface area contributed by atoms with Crippen molar-refractivity contribution in [2.24, 2.45) is 29.6 Å². The number of carbonyl (C=O) groups is 4. The molecule has 0 radical (unpaired) electrons. The first-order chi connectivity index (χ1) is 22.4. The fourth-order valence-corrected chi connectivity index (χ4v) is 8.04. The lowest BCUT2D eigenvalue weighted by Gasteiger charge is -2.53. The van der Waals surface area contributed by atoms with E-state index in [0.29, 0.717) is 36.1 Å². The number of benzene rings is 3. The average Bonchev–Trinajstić information content (AvgIpc) is 3.53. The Hall–Kier alpha value is -4.72. The van der Waals surface area contributed by atoms with Crippen molar-refractivity contribution in [1.82, 2.24) is 0 Å². The predicted octanol–water partition coefficient (Wildman–Crippen LogP) is 6.09. The molecule has 2 aliphatic heterocycles. The van der Waals surface area contributed by atoms with E-state index >= 15 is 0 Å². The van der Waals surface area contributed by atoms with Gasteiger partial charge in [0.05, 0.1) is 48.3 Å². The number of amides is 4. The molecule has 8 nitrogen and oxygen atoms in total.